The van der Waals surface area contributed by atoms with Gasteiger partial charge in [0.25, 0.3) is 0 Å². The number of carbonyl (C=O) groups is 2. The van der Waals surface area contributed by atoms with Crippen LogP contribution < -0.4 is 10.6 Å². The van der Waals surface area contributed by atoms with Gasteiger partial charge in [-0.05, 0) is 43.7 Å². The van der Waals surface area contributed by atoms with Crippen molar-refractivity contribution in [2.24, 2.45) is 0 Å². The number of carbonyl (C=O) groups excluding carboxylic acids is 2. The molecule has 1 saturated heterocycles. The average Bonchev–Trinajstić information content (AvgIpc) is 2.72. The maximum Gasteiger partial charge on any atom is 0.241 e. The Labute approximate surface area is 181 Å². The zero-order valence-electron chi connectivity index (χ0n) is 17.1. The third-order valence-electron chi connectivity index (χ3n) is 5.31. The molecular weight excluding hydrogens is 407 g/mol. The lowest BCUT2D eigenvalue weighted by Gasteiger charge is -2.37. The number of aryl methyl sites for hydroxylation is 1. The fourth-order valence-electron chi connectivity index (χ4n) is 3.40. The summed E-state index contributed by atoms with van der Waals surface area (Å²) >= 11 is 6.08. The number of hydrogen-bond acceptors (Lipinski definition) is 4. The molecule has 0 aromatic heterocycles. The number of hydrogen-bond donors (Lipinski definition) is 2. The van der Waals surface area contributed by atoms with Crippen LogP contribution in [0, 0.1) is 12.7 Å². The molecule has 0 aliphatic carbocycles. The summed E-state index contributed by atoms with van der Waals surface area (Å²) in [6.07, 6.45) is 0. The van der Waals surface area contributed by atoms with Crippen LogP contribution in [0.2, 0.25) is 5.02 Å². The van der Waals surface area contributed by atoms with Gasteiger partial charge in [-0.1, -0.05) is 29.8 Å². The summed E-state index contributed by atoms with van der Waals surface area (Å²) in [5.41, 5.74) is 1.90. The minimum Gasteiger partial charge on any atom is -0.324 e. The maximum atomic E-state index is 13.5. The highest BCUT2D eigenvalue weighted by molar-refractivity contribution is 6.33. The number of benzene rings is 2. The molecule has 3 rings (SSSR count). The summed E-state index contributed by atoms with van der Waals surface area (Å²) < 4.78 is 13.5. The van der Waals surface area contributed by atoms with Crippen molar-refractivity contribution in [1.29, 1.82) is 0 Å². The Balaban J connectivity index is 1.47. The second kappa shape index (κ2) is 10.0. The first-order chi connectivity index (χ1) is 14.3. The molecule has 2 aromatic carbocycles. The van der Waals surface area contributed by atoms with Gasteiger partial charge in [-0.2, -0.15) is 0 Å². The van der Waals surface area contributed by atoms with Gasteiger partial charge in [-0.3, -0.25) is 19.4 Å². The molecule has 1 fully saturated rings. The van der Waals surface area contributed by atoms with Crippen molar-refractivity contribution in [1.82, 2.24) is 9.80 Å². The Kier molecular flexibility index (Phi) is 7.42. The molecule has 0 radical (unpaired) electrons. The molecule has 0 bridgehead atoms. The van der Waals surface area contributed by atoms with Gasteiger partial charge in [0.05, 0.1) is 23.3 Å². The summed E-state index contributed by atoms with van der Waals surface area (Å²) in [4.78, 5) is 29.0. The third kappa shape index (κ3) is 5.78. The van der Waals surface area contributed by atoms with Gasteiger partial charge in [0.1, 0.15) is 5.82 Å². The molecule has 8 heteroatoms. The Morgan fingerprint density at radius 1 is 1.07 bits per heavy atom. The van der Waals surface area contributed by atoms with Gasteiger partial charge < -0.3 is 10.6 Å². The highest BCUT2D eigenvalue weighted by atomic mass is 35.5. The second-order valence-electron chi connectivity index (χ2n) is 7.46. The van der Waals surface area contributed by atoms with E-state index in [0.29, 0.717) is 42.6 Å². The molecule has 160 valence electrons. The number of amides is 2. The Bertz CT molecular complexity index is 916. The van der Waals surface area contributed by atoms with Crippen LogP contribution in [-0.2, 0) is 9.59 Å². The quantitative estimate of drug-likeness (QED) is 0.734. The van der Waals surface area contributed by atoms with Gasteiger partial charge in [-0.15, -0.1) is 0 Å². The number of rotatable bonds is 6. The number of para-hydroxylation sites is 1. The number of halogens is 2. The zero-order chi connectivity index (χ0) is 21.7. The van der Waals surface area contributed by atoms with Crippen LogP contribution in [0.4, 0.5) is 15.8 Å². The molecule has 0 saturated carbocycles. The lowest BCUT2D eigenvalue weighted by atomic mass is 10.1. The summed E-state index contributed by atoms with van der Waals surface area (Å²) in [5.74, 6) is -0.676. The van der Waals surface area contributed by atoms with Crippen LogP contribution >= 0.6 is 11.6 Å². The van der Waals surface area contributed by atoms with Crippen molar-refractivity contribution in [2.75, 3.05) is 43.4 Å². The van der Waals surface area contributed by atoms with E-state index in [9.17, 15) is 14.0 Å². The SMILES string of the molecule is Cc1ccc(F)cc1NC(=O)C(C)N1CCN(CC(=O)Nc2ccccc2Cl)CC1. The lowest BCUT2D eigenvalue weighted by molar-refractivity contribution is -0.122. The number of nitrogens with one attached hydrogen (secondary N) is 2. The Morgan fingerprint density at radius 3 is 2.47 bits per heavy atom. The summed E-state index contributed by atoms with van der Waals surface area (Å²) in [6.45, 7) is 6.60. The first-order valence-corrected chi connectivity index (χ1v) is 10.3. The topological polar surface area (TPSA) is 64.7 Å². The molecule has 30 heavy (non-hydrogen) atoms. The van der Waals surface area contributed by atoms with Crippen molar-refractivity contribution in [3.8, 4) is 0 Å². The Morgan fingerprint density at radius 2 is 1.77 bits per heavy atom. The lowest BCUT2D eigenvalue weighted by Crippen LogP contribution is -2.53. The van der Waals surface area contributed by atoms with E-state index in [4.69, 9.17) is 11.6 Å². The normalized spacial score (nSPS) is 16.1. The standard InChI is InChI=1S/C22H26ClFN4O2/c1-15-7-8-17(24)13-20(15)26-22(30)16(2)28-11-9-27(10-12-28)14-21(29)25-19-6-4-3-5-18(19)23/h3-8,13,16H,9-12,14H2,1-2H3,(H,25,29)(H,26,30). The van der Waals surface area contributed by atoms with Crippen LogP contribution in [0.25, 0.3) is 0 Å². The molecule has 1 heterocycles. The van der Waals surface area contributed by atoms with Gasteiger partial charge >= 0.3 is 0 Å². The van der Waals surface area contributed by atoms with Crippen LogP contribution in [-0.4, -0.2) is 60.4 Å². The van der Waals surface area contributed by atoms with Crippen molar-refractivity contribution in [2.45, 2.75) is 19.9 Å². The maximum absolute atomic E-state index is 13.5. The molecule has 2 aromatic rings. The number of piperazine rings is 1. The summed E-state index contributed by atoms with van der Waals surface area (Å²) in [5, 5.41) is 6.14. The smallest absolute Gasteiger partial charge is 0.241 e. The fraction of sp³-hybridized carbons (Fsp3) is 0.364. The van der Waals surface area contributed by atoms with E-state index in [1.54, 1.807) is 18.2 Å². The predicted octanol–water partition coefficient (Wildman–Crippen LogP) is 3.37. The summed E-state index contributed by atoms with van der Waals surface area (Å²) in [6, 6.07) is 11.1. The van der Waals surface area contributed by atoms with Crippen LogP contribution in [0.15, 0.2) is 42.5 Å². The average molecular weight is 433 g/mol. The molecule has 1 unspecified atom stereocenters. The molecule has 2 N–H and O–H groups in total. The van der Waals surface area contributed by atoms with E-state index in [-0.39, 0.29) is 30.2 Å². The fourth-order valence-corrected chi connectivity index (χ4v) is 3.58. The van der Waals surface area contributed by atoms with Crippen LogP contribution in [0.5, 0.6) is 0 Å². The largest absolute Gasteiger partial charge is 0.324 e. The van der Waals surface area contributed by atoms with Crippen molar-refractivity contribution in [3.05, 3.63) is 58.9 Å². The van der Waals surface area contributed by atoms with E-state index >= 15 is 0 Å². The van der Waals surface area contributed by atoms with E-state index < -0.39 is 0 Å². The molecule has 1 atom stereocenters. The van der Waals surface area contributed by atoms with E-state index in [0.717, 1.165) is 5.56 Å². The van der Waals surface area contributed by atoms with E-state index in [1.165, 1.54) is 12.1 Å². The van der Waals surface area contributed by atoms with Crippen molar-refractivity contribution in [3.63, 3.8) is 0 Å². The number of anilines is 2. The summed E-state index contributed by atoms with van der Waals surface area (Å²) in [7, 11) is 0. The van der Waals surface area contributed by atoms with Crippen molar-refractivity contribution >= 4 is 34.8 Å². The molecule has 2 amide bonds. The van der Waals surface area contributed by atoms with Gasteiger partial charge in [0.2, 0.25) is 11.8 Å². The Hall–Kier alpha value is -2.48. The van der Waals surface area contributed by atoms with Gasteiger partial charge in [0.15, 0.2) is 0 Å². The second-order valence-corrected chi connectivity index (χ2v) is 7.87. The molecular formula is C22H26ClFN4O2. The zero-order valence-corrected chi connectivity index (χ0v) is 17.9. The molecule has 6 nitrogen and oxygen atoms in total. The molecule has 1 aliphatic heterocycles. The van der Waals surface area contributed by atoms with Crippen LogP contribution in [0.3, 0.4) is 0 Å². The minimum absolute atomic E-state index is 0.121. The highest BCUT2D eigenvalue weighted by Gasteiger charge is 2.26. The predicted molar refractivity (Wildman–Crippen MR) is 117 cm³/mol. The molecule has 1 aliphatic rings. The van der Waals surface area contributed by atoms with Gasteiger partial charge in [-0.25, -0.2) is 4.39 Å². The van der Waals surface area contributed by atoms with Crippen molar-refractivity contribution < 1.29 is 14.0 Å². The first-order valence-electron chi connectivity index (χ1n) is 9.91. The highest BCUT2D eigenvalue weighted by Crippen LogP contribution is 2.20. The van der Waals surface area contributed by atoms with Gasteiger partial charge in [0, 0.05) is 31.9 Å². The van der Waals surface area contributed by atoms with E-state index in [2.05, 4.69) is 15.5 Å². The number of nitrogens with zero attached hydrogens (tertiary/aromatic N) is 2. The minimum atomic E-state index is -0.382. The first kappa shape index (κ1) is 22.2. The van der Waals surface area contributed by atoms with Crippen LogP contribution in [0.1, 0.15) is 12.5 Å². The monoisotopic (exact) mass is 432 g/mol. The third-order valence-corrected chi connectivity index (χ3v) is 5.64. The van der Waals surface area contributed by atoms with E-state index in [1.807, 2.05) is 30.9 Å². The molecule has 0 spiro atoms.